The molecule has 1 amide bonds. The molecular weight excluding hydrogens is 354 g/mol. The van der Waals surface area contributed by atoms with Gasteiger partial charge in [0.25, 0.3) is 5.91 Å². The van der Waals surface area contributed by atoms with Gasteiger partial charge in [0.15, 0.2) is 5.78 Å². The zero-order chi connectivity index (χ0) is 19.9. The molecule has 0 radical (unpaired) electrons. The van der Waals surface area contributed by atoms with Crippen molar-refractivity contribution in [1.29, 1.82) is 0 Å². The molecule has 0 aliphatic heterocycles. The van der Waals surface area contributed by atoms with Gasteiger partial charge in [-0.15, -0.1) is 0 Å². The average molecular weight is 375 g/mol. The van der Waals surface area contributed by atoms with Gasteiger partial charge in [-0.2, -0.15) is 0 Å². The van der Waals surface area contributed by atoms with Crippen LogP contribution in [0.3, 0.4) is 0 Å². The number of nitrogens with one attached hydrogen (secondary N) is 2. The van der Waals surface area contributed by atoms with Crippen molar-refractivity contribution in [3.63, 3.8) is 0 Å². The summed E-state index contributed by atoms with van der Waals surface area (Å²) in [5.41, 5.74) is 3.46. The third-order valence-corrected chi connectivity index (χ3v) is 4.21. The van der Waals surface area contributed by atoms with E-state index in [-0.39, 0.29) is 11.7 Å². The number of ether oxygens (including phenoxy) is 1. The second-order valence-electron chi connectivity index (χ2n) is 6.19. The van der Waals surface area contributed by atoms with Gasteiger partial charge in [-0.25, -0.2) is 4.98 Å². The van der Waals surface area contributed by atoms with Gasteiger partial charge in [0.1, 0.15) is 11.4 Å². The molecule has 0 spiro atoms. The smallest absolute Gasteiger partial charge is 0.270 e. The first-order valence-corrected chi connectivity index (χ1v) is 8.81. The molecule has 0 bridgehead atoms. The van der Waals surface area contributed by atoms with Gasteiger partial charge in [0.2, 0.25) is 0 Å². The summed E-state index contributed by atoms with van der Waals surface area (Å²) in [5, 5.41) is 6.03. The van der Waals surface area contributed by atoms with Crippen molar-refractivity contribution in [3.05, 3.63) is 83.7 Å². The number of carbonyl (C=O) groups is 2. The van der Waals surface area contributed by atoms with E-state index in [4.69, 9.17) is 4.74 Å². The highest BCUT2D eigenvalue weighted by Gasteiger charge is 2.09. The van der Waals surface area contributed by atoms with E-state index < -0.39 is 0 Å². The highest BCUT2D eigenvalue weighted by molar-refractivity contribution is 5.94. The van der Waals surface area contributed by atoms with Crippen LogP contribution < -0.4 is 15.4 Å². The Morgan fingerprint density at radius 2 is 1.68 bits per heavy atom. The van der Waals surface area contributed by atoms with Crippen LogP contribution in [-0.2, 0) is 6.54 Å². The summed E-state index contributed by atoms with van der Waals surface area (Å²) in [6.45, 7) is 1.89. The molecular formula is C22H21N3O3. The number of rotatable bonds is 7. The lowest BCUT2D eigenvalue weighted by molar-refractivity contribution is 0.0945. The second kappa shape index (κ2) is 8.81. The molecule has 1 heterocycles. The molecule has 0 saturated heterocycles. The number of methoxy groups -OCH3 is 1. The number of pyridine rings is 1. The van der Waals surface area contributed by atoms with Crippen LogP contribution in [0, 0.1) is 0 Å². The summed E-state index contributed by atoms with van der Waals surface area (Å²) in [5.74, 6) is 0.492. The van der Waals surface area contributed by atoms with Crippen LogP contribution in [0.4, 0.5) is 11.4 Å². The third kappa shape index (κ3) is 4.73. The average Bonchev–Trinajstić information content (AvgIpc) is 2.73. The molecule has 2 N–H and O–H groups in total. The standard InChI is InChI=1S/C22H21N3O3/c1-15(26)16-7-9-18(10-8-16)25-19-11-12-20(23-14-19)22(27)24-13-17-5-3-4-6-21(17)28-2/h3-12,14,25H,13H2,1-2H3,(H,24,27). The number of benzene rings is 2. The Labute approximate surface area is 163 Å². The Morgan fingerprint density at radius 3 is 2.32 bits per heavy atom. The van der Waals surface area contributed by atoms with E-state index >= 15 is 0 Å². The molecule has 2 aromatic carbocycles. The van der Waals surface area contributed by atoms with Gasteiger partial charge in [-0.3, -0.25) is 9.59 Å². The zero-order valence-corrected chi connectivity index (χ0v) is 15.7. The molecule has 0 aliphatic carbocycles. The van der Waals surface area contributed by atoms with Crippen molar-refractivity contribution in [2.24, 2.45) is 0 Å². The Bertz CT molecular complexity index is 967. The number of hydrogen-bond acceptors (Lipinski definition) is 5. The molecule has 3 aromatic rings. The monoisotopic (exact) mass is 375 g/mol. The Morgan fingerprint density at radius 1 is 0.964 bits per heavy atom. The van der Waals surface area contributed by atoms with Crippen LogP contribution in [0.15, 0.2) is 66.9 Å². The zero-order valence-electron chi connectivity index (χ0n) is 15.7. The Kier molecular flexibility index (Phi) is 6.01. The molecule has 28 heavy (non-hydrogen) atoms. The SMILES string of the molecule is COc1ccccc1CNC(=O)c1ccc(Nc2ccc(C(C)=O)cc2)cn1. The summed E-state index contributed by atoms with van der Waals surface area (Å²) >= 11 is 0. The number of carbonyl (C=O) groups excluding carboxylic acids is 2. The summed E-state index contributed by atoms with van der Waals surface area (Å²) in [6.07, 6.45) is 1.59. The van der Waals surface area contributed by atoms with Crippen LogP contribution in [0.1, 0.15) is 33.3 Å². The maximum atomic E-state index is 12.3. The lowest BCUT2D eigenvalue weighted by Crippen LogP contribution is -2.24. The highest BCUT2D eigenvalue weighted by atomic mass is 16.5. The number of nitrogens with zero attached hydrogens (tertiary/aromatic N) is 1. The second-order valence-corrected chi connectivity index (χ2v) is 6.19. The van der Waals surface area contributed by atoms with Gasteiger partial charge in [0, 0.05) is 23.4 Å². The first-order valence-electron chi connectivity index (χ1n) is 8.81. The van der Waals surface area contributed by atoms with Crippen molar-refractivity contribution in [1.82, 2.24) is 10.3 Å². The van der Waals surface area contributed by atoms with E-state index in [2.05, 4.69) is 15.6 Å². The fourth-order valence-corrected chi connectivity index (χ4v) is 2.67. The number of para-hydroxylation sites is 1. The molecule has 0 fully saturated rings. The fourth-order valence-electron chi connectivity index (χ4n) is 2.67. The first-order chi connectivity index (χ1) is 13.6. The molecule has 1 aromatic heterocycles. The van der Waals surface area contributed by atoms with Crippen LogP contribution in [0.2, 0.25) is 0 Å². The topological polar surface area (TPSA) is 80.3 Å². The Hall–Kier alpha value is -3.67. The molecule has 0 aliphatic rings. The summed E-state index contributed by atoms with van der Waals surface area (Å²) in [4.78, 5) is 27.9. The third-order valence-electron chi connectivity index (χ3n) is 4.21. The fraction of sp³-hybridized carbons (Fsp3) is 0.136. The minimum absolute atomic E-state index is 0.0247. The van der Waals surface area contributed by atoms with E-state index in [1.807, 2.05) is 36.4 Å². The molecule has 6 nitrogen and oxygen atoms in total. The van der Waals surface area contributed by atoms with Crippen molar-refractivity contribution in [3.8, 4) is 5.75 Å². The van der Waals surface area contributed by atoms with Gasteiger partial charge < -0.3 is 15.4 Å². The molecule has 3 rings (SSSR count). The summed E-state index contributed by atoms with van der Waals surface area (Å²) in [6, 6.07) is 18.1. The predicted octanol–water partition coefficient (Wildman–Crippen LogP) is 3.97. The van der Waals surface area contributed by atoms with Crippen molar-refractivity contribution in [2.45, 2.75) is 13.5 Å². The number of aromatic nitrogens is 1. The minimum Gasteiger partial charge on any atom is -0.496 e. The first kappa shape index (κ1) is 19.1. The quantitative estimate of drug-likeness (QED) is 0.611. The minimum atomic E-state index is -0.261. The predicted molar refractivity (Wildman–Crippen MR) is 108 cm³/mol. The lowest BCUT2D eigenvalue weighted by Gasteiger charge is -2.10. The number of amides is 1. The van der Waals surface area contributed by atoms with Gasteiger partial charge in [-0.1, -0.05) is 18.2 Å². The number of Topliss-reactive ketones (excluding diaryl/α,β-unsaturated/α-hetero) is 1. The van der Waals surface area contributed by atoms with Crippen LogP contribution >= 0.6 is 0 Å². The van der Waals surface area contributed by atoms with Gasteiger partial charge in [0.05, 0.1) is 19.0 Å². The lowest BCUT2D eigenvalue weighted by atomic mass is 10.1. The molecule has 142 valence electrons. The summed E-state index contributed by atoms with van der Waals surface area (Å²) in [7, 11) is 1.60. The van der Waals surface area contributed by atoms with Crippen LogP contribution in [0.25, 0.3) is 0 Å². The number of anilines is 2. The number of hydrogen-bond donors (Lipinski definition) is 2. The maximum absolute atomic E-state index is 12.3. The van der Waals surface area contributed by atoms with E-state index in [1.54, 1.807) is 37.6 Å². The normalized spacial score (nSPS) is 10.2. The van der Waals surface area contributed by atoms with Gasteiger partial charge in [-0.05, 0) is 49.4 Å². The number of ketones is 1. The molecule has 0 unspecified atom stereocenters. The van der Waals surface area contributed by atoms with Gasteiger partial charge >= 0.3 is 0 Å². The van der Waals surface area contributed by atoms with E-state index in [1.165, 1.54) is 6.92 Å². The van der Waals surface area contributed by atoms with Crippen molar-refractivity contribution >= 4 is 23.1 Å². The molecule has 0 saturated carbocycles. The largest absolute Gasteiger partial charge is 0.496 e. The van der Waals surface area contributed by atoms with E-state index in [0.29, 0.717) is 17.8 Å². The van der Waals surface area contributed by atoms with Crippen molar-refractivity contribution < 1.29 is 14.3 Å². The van der Waals surface area contributed by atoms with Crippen LogP contribution in [-0.4, -0.2) is 23.8 Å². The molecule has 6 heteroatoms. The summed E-state index contributed by atoms with van der Waals surface area (Å²) < 4.78 is 5.28. The van der Waals surface area contributed by atoms with Crippen molar-refractivity contribution in [2.75, 3.05) is 12.4 Å². The van der Waals surface area contributed by atoms with E-state index in [0.717, 1.165) is 22.7 Å². The maximum Gasteiger partial charge on any atom is 0.270 e. The highest BCUT2D eigenvalue weighted by Crippen LogP contribution is 2.18. The molecule has 0 atom stereocenters. The Balaban J connectivity index is 1.60. The van der Waals surface area contributed by atoms with E-state index in [9.17, 15) is 9.59 Å². The van der Waals surface area contributed by atoms with Crippen LogP contribution in [0.5, 0.6) is 5.75 Å².